The van der Waals surface area contributed by atoms with E-state index in [0.717, 1.165) is 17.9 Å². The van der Waals surface area contributed by atoms with Crippen molar-refractivity contribution in [1.82, 2.24) is 0 Å². The van der Waals surface area contributed by atoms with Crippen LogP contribution in [-0.4, -0.2) is 31.8 Å². The van der Waals surface area contributed by atoms with Gasteiger partial charge in [-0.15, -0.1) is 0 Å². The monoisotopic (exact) mass is 450 g/mol. The lowest BCUT2D eigenvalue weighted by Crippen LogP contribution is -2.30. The first-order chi connectivity index (χ1) is 15.7. The van der Waals surface area contributed by atoms with Gasteiger partial charge in [-0.3, -0.25) is 0 Å². The summed E-state index contributed by atoms with van der Waals surface area (Å²) in [6, 6.07) is 24.5. The fourth-order valence-electron chi connectivity index (χ4n) is 3.70. The molecule has 6 nitrogen and oxygen atoms in total. The highest BCUT2D eigenvalue weighted by Crippen LogP contribution is 2.47. The Morgan fingerprint density at radius 3 is 2.19 bits per heavy atom. The van der Waals surface area contributed by atoms with Gasteiger partial charge in [0.1, 0.15) is 12.4 Å². The standard InChI is InChI=1S/C25H26N2O4S/c1-2-29-22(25(28)31-26)17-18-11-13-19(14-12-18)30-16-15-27-20-7-3-5-9-23(20)32-24-10-6-4-8-21(24)27/h3-14,22H,2,15-17,26H2,1H3. The molecule has 7 heteroatoms. The third-order valence-electron chi connectivity index (χ3n) is 5.21. The Balaban J connectivity index is 1.39. The summed E-state index contributed by atoms with van der Waals surface area (Å²) in [7, 11) is 0. The summed E-state index contributed by atoms with van der Waals surface area (Å²) in [6.07, 6.45) is -0.322. The van der Waals surface area contributed by atoms with Crippen molar-refractivity contribution in [2.45, 2.75) is 29.2 Å². The van der Waals surface area contributed by atoms with E-state index >= 15 is 0 Å². The summed E-state index contributed by atoms with van der Waals surface area (Å²) in [6.45, 7) is 3.49. The van der Waals surface area contributed by atoms with E-state index in [-0.39, 0.29) is 0 Å². The van der Waals surface area contributed by atoms with Crippen molar-refractivity contribution in [1.29, 1.82) is 0 Å². The van der Waals surface area contributed by atoms with Gasteiger partial charge in [-0.25, -0.2) is 4.79 Å². The molecule has 0 spiro atoms. The lowest BCUT2D eigenvalue weighted by atomic mass is 10.1. The number of para-hydroxylation sites is 2. The van der Waals surface area contributed by atoms with Crippen LogP contribution < -0.4 is 15.5 Å². The summed E-state index contributed by atoms with van der Waals surface area (Å²) in [5.74, 6) is 5.20. The van der Waals surface area contributed by atoms with Gasteiger partial charge in [0.2, 0.25) is 0 Å². The Morgan fingerprint density at radius 2 is 1.59 bits per heavy atom. The molecule has 0 radical (unpaired) electrons. The van der Waals surface area contributed by atoms with Gasteiger partial charge in [0.05, 0.1) is 17.9 Å². The normalized spacial score (nSPS) is 13.1. The van der Waals surface area contributed by atoms with Gasteiger partial charge in [-0.1, -0.05) is 48.2 Å². The van der Waals surface area contributed by atoms with Gasteiger partial charge in [0, 0.05) is 22.8 Å². The number of hydrogen-bond acceptors (Lipinski definition) is 7. The molecule has 1 unspecified atom stereocenters. The summed E-state index contributed by atoms with van der Waals surface area (Å²) in [4.78, 5) is 20.9. The number of nitrogens with zero attached hydrogens (tertiary/aromatic N) is 1. The minimum atomic E-state index is -0.714. The fraction of sp³-hybridized carbons (Fsp3) is 0.240. The lowest BCUT2D eigenvalue weighted by Gasteiger charge is -2.32. The van der Waals surface area contributed by atoms with Crippen LogP contribution in [0.5, 0.6) is 5.75 Å². The maximum atomic E-state index is 11.7. The van der Waals surface area contributed by atoms with Crippen LogP contribution in [-0.2, 0) is 20.8 Å². The Kier molecular flexibility index (Phi) is 7.32. The van der Waals surface area contributed by atoms with E-state index in [4.69, 9.17) is 15.4 Å². The first-order valence-electron chi connectivity index (χ1n) is 10.6. The molecule has 166 valence electrons. The molecular weight excluding hydrogens is 424 g/mol. The molecule has 0 aliphatic carbocycles. The number of carbonyl (C=O) groups excluding carboxylic acids is 1. The second-order valence-electron chi connectivity index (χ2n) is 7.27. The summed E-state index contributed by atoms with van der Waals surface area (Å²) in [5.41, 5.74) is 3.34. The largest absolute Gasteiger partial charge is 0.492 e. The van der Waals surface area contributed by atoms with Gasteiger partial charge >= 0.3 is 5.97 Å². The fourth-order valence-corrected chi connectivity index (χ4v) is 4.80. The van der Waals surface area contributed by atoms with E-state index < -0.39 is 12.1 Å². The number of ether oxygens (including phenoxy) is 2. The molecule has 1 aliphatic rings. The molecule has 0 aromatic heterocycles. The molecule has 0 saturated carbocycles. The number of hydrogen-bond donors (Lipinski definition) is 1. The molecule has 3 aromatic carbocycles. The second-order valence-corrected chi connectivity index (χ2v) is 8.35. The highest BCUT2D eigenvalue weighted by molar-refractivity contribution is 7.99. The molecule has 1 heterocycles. The van der Waals surface area contributed by atoms with E-state index in [0.29, 0.717) is 19.6 Å². The van der Waals surface area contributed by atoms with Crippen LogP contribution >= 0.6 is 11.8 Å². The molecule has 2 N–H and O–H groups in total. The third-order valence-corrected chi connectivity index (χ3v) is 6.34. The Hall–Kier alpha value is -3.00. The average Bonchev–Trinajstić information content (AvgIpc) is 2.83. The number of fused-ring (bicyclic) bond motifs is 2. The average molecular weight is 451 g/mol. The maximum absolute atomic E-state index is 11.7. The number of rotatable bonds is 9. The number of carbonyl (C=O) groups is 1. The topological polar surface area (TPSA) is 74.0 Å². The Morgan fingerprint density at radius 1 is 0.969 bits per heavy atom. The molecule has 3 aromatic rings. The van der Waals surface area contributed by atoms with Gasteiger partial charge in [0.25, 0.3) is 0 Å². The van der Waals surface area contributed by atoms with Crippen LogP contribution in [0.25, 0.3) is 0 Å². The summed E-state index contributed by atoms with van der Waals surface area (Å²) in [5, 5.41) is 0. The number of benzene rings is 3. The van der Waals surface area contributed by atoms with E-state index in [1.165, 1.54) is 21.2 Å². The van der Waals surface area contributed by atoms with Crippen molar-refractivity contribution in [3.8, 4) is 5.75 Å². The molecule has 0 amide bonds. The van der Waals surface area contributed by atoms with Crippen LogP contribution in [0.1, 0.15) is 12.5 Å². The zero-order valence-electron chi connectivity index (χ0n) is 17.9. The predicted molar refractivity (Wildman–Crippen MR) is 125 cm³/mol. The van der Waals surface area contributed by atoms with Crippen LogP contribution in [0.3, 0.4) is 0 Å². The Bertz CT molecular complexity index is 1010. The molecule has 4 rings (SSSR count). The van der Waals surface area contributed by atoms with E-state index in [9.17, 15) is 4.79 Å². The first kappa shape index (κ1) is 22.2. The molecule has 0 bridgehead atoms. The van der Waals surface area contributed by atoms with Gasteiger partial charge in [0.15, 0.2) is 6.10 Å². The predicted octanol–water partition coefficient (Wildman–Crippen LogP) is 4.73. The second kappa shape index (κ2) is 10.5. The molecule has 0 saturated heterocycles. The van der Waals surface area contributed by atoms with Crippen LogP contribution in [0.2, 0.25) is 0 Å². The van der Waals surface area contributed by atoms with E-state index in [1.807, 2.05) is 31.2 Å². The molecule has 32 heavy (non-hydrogen) atoms. The van der Waals surface area contributed by atoms with Gasteiger partial charge < -0.3 is 19.2 Å². The van der Waals surface area contributed by atoms with Gasteiger partial charge in [-0.2, -0.15) is 5.90 Å². The first-order valence-corrected chi connectivity index (χ1v) is 11.4. The molecule has 1 atom stereocenters. The van der Waals surface area contributed by atoms with Crippen molar-refractivity contribution < 1.29 is 19.1 Å². The summed E-state index contributed by atoms with van der Waals surface area (Å²) >= 11 is 1.80. The molecule has 0 fully saturated rings. The minimum Gasteiger partial charge on any atom is -0.492 e. The zero-order valence-corrected chi connectivity index (χ0v) is 18.7. The van der Waals surface area contributed by atoms with Crippen molar-refractivity contribution in [3.05, 3.63) is 78.4 Å². The molecule has 1 aliphatic heterocycles. The van der Waals surface area contributed by atoms with Crippen LogP contribution in [0.4, 0.5) is 11.4 Å². The van der Waals surface area contributed by atoms with E-state index in [1.54, 1.807) is 11.8 Å². The van der Waals surface area contributed by atoms with Crippen molar-refractivity contribution in [2.24, 2.45) is 5.90 Å². The number of anilines is 2. The number of nitrogens with two attached hydrogens (primary N) is 1. The molecular formula is C25H26N2O4S. The highest BCUT2D eigenvalue weighted by atomic mass is 32.2. The minimum absolute atomic E-state index is 0.392. The quantitative estimate of drug-likeness (QED) is 0.472. The lowest BCUT2D eigenvalue weighted by molar-refractivity contribution is -0.157. The SMILES string of the molecule is CCOC(Cc1ccc(OCCN2c3ccccc3Sc3ccccc32)cc1)C(=O)ON. The van der Waals surface area contributed by atoms with Crippen molar-refractivity contribution >= 4 is 29.1 Å². The van der Waals surface area contributed by atoms with Crippen molar-refractivity contribution in [3.63, 3.8) is 0 Å². The van der Waals surface area contributed by atoms with Crippen molar-refractivity contribution in [2.75, 3.05) is 24.7 Å². The summed E-state index contributed by atoms with van der Waals surface area (Å²) < 4.78 is 11.4. The van der Waals surface area contributed by atoms with Crippen LogP contribution in [0, 0.1) is 0 Å². The Labute approximate surface area is 192 Å². The smallest absolute Gasteiger partial charge is 0.354 e. The zero-order chi connectivity index (χ0) is 22.3. The highest BCUT2D eigenvalue weighted by Gasteiger charge is 2.23. The van der Waals surface area contributed by atoms with Crippen LogP contribution in [0.15, 0.2) is 82.6 Å². The van der Waals surface area contributed by atoms with E-state index in [2.05, 4.69) is 58.3 Å². The third kappa shape index (κ3) is 5.07. The van der Waals surface area contributed by atoms with Gasteiger partial charge in [-0.05, 0) is 48.9 Å². The maximum Gasteiger partial charge on any atom is 0.354 e.